The van der Waals surface area contributed by atoms with Gasteiger partial charge < -0.3 is 10.1 Å². The Kier molecular flexibility index (Phi) is 2.30. The lowest BCUT2D eigenvalue weighted by molar-refractivity contribution is -0.136. The van der Waals surface area contributed by atoms with Crippen molar-refractivity contribution in [3.63, 3.8) is 0 Å². The van der Waals surface area contributed by atoms with Crippen molar-refractivity contribution in [2.75, 3.05) is 0 Å². The summed E-state index contributed by atoms with van der Waals surface area (Å²) in [6, 6.07) is 0. The van der Waals surface area contributed by atoms with Crippen LogP contribution >= 0.6 is 0 Å². The number of aryl methyl sites for hydroxylation is 1. The molecular formula is C10H12N2O3. The van der Waals surface area contributed by atoms with E-state index < -0.39 is 5.97 Å². The van der Waals surface area contributed by atoms with Crippen LogP contribution in [0.15, 0.2) is 4.79 Å². The number of carboxylic acid groups (broad SMARTS) is 1. The minimum Gasteiger partial charge on any atom is -0.481 e. The molecule has 80 valence electrons. The number of H-pyrrole nitrogens is 1. The summed E-state index contributed by atoms with van der Waals surface area (Å²) in [6.45, 7) is 1.68. The van der Waals surface area contributed by atoms with Crippen LogP contribution in [0.2, 0.25) is 0 Å². The highest BCUT2D eigenvalue weighted by molar-refractivity contribution is 5.70. The van der Waals surface area contributed by atoms with Crippen LogP contribution in [0.25, 0.3) is 0 Å². The van der Waals surface area contributed by atoms with Crippen molar-refractivity contribution in [3.05, 3.63) is 27.4 Å². The third kappa shape index (κ3) is 2.06. The lowest BCUT2D eigenvalue weighted by Crippen LogP contribution is -2.21. The standard InChI is InChI=1S/C10H12N2O3/c1-5-7(4-8(13)14)10(15)12-9(11-5)6-2-3-6/h6H,2-4H2,1H3,(H,13,14)(H,11,12,15). The fourth-order valence-corrected chi connectivity index (χ4v) is 1.54. The van der Waals surface area contributed by atoms with Crippen LogP contribution in [0.3, 0.4) is 0 Å². The van der Waals surface area contributed by atoms with Gasteiger partial charge in [-0.15, -0.1) is 0 Å². The fraction of sp³-hybridized carbons (Fsp3) is 0.500. The highest BCUT2D eigenvalue weighted by Gasteiger charge is 2.27. The Labute approximate surface area is 86.2 Å². The maximum absolute atomic E-state index is 11.6. The molecule has 0 saturated heterocycles. The number of nitrogens with one attached hydrogen (secondary N) is 1. The van der Waals surface area contributed by atoms with Crippen molar-refractivity contribution >= 4 is 5.97 Å². The summed E-state index contributed by atoms with van der Waals surface area (Å²) in [4.78, 5) is 29.0. The Balaban J connectivity index is 2.39. The Morgan fingerprint density at radius 1 is 1.60 bits per heavy atom. The zero-order valence-corrected chi connectivity index (χ0v) is 8.41. The van der Waals surface area contributed by atoms with Crippen LogP contribution in [0, 0.1) is 6.92 Å². The van der Waals surface area contributed by atoms with Crippen molar-refractivity contribution < 1.29 is 9.90 Å². The van der Waals surface area contributed by atoms with Gasteiger partial charge in [0.25, 0.3) is 5.56 Å². The van der Waals surface area contributed by atoms with Crippen LogP contribution < -0.4 is 5.56 Å². The second-order valence-electron chi connectivity index (χ2n) is 3.86. The van der Waals surface area contributed by atoms with Gasteiger partial charge >= 0.3 is 5.97 Å². The van der Waals surface area contributed by atoms with E-state index in [2.05, 4.69) is 9.97 Å². The molecule has 0 aromatic carbocycles. The van der Waals surface area contributed by atoms with Crippen LogP contribution in [0.5, 0.6) is 0 Å². The molecule has 1 fully saturated rings. The number of hydrogen-bond donors (Lipinski definition) is 2. The number of aromatic nitrogens is 2. The van der Waals surface area contributed by atoms with Gasteiger partial charge in [-0.1, -0.05) is 0 Å². The zero-order valence-electron chi connectivity index (χ0n) is 8.41. The molecule has 5 heteroatoms. The van der Waals surface area contributed by atoms with Crippen molar-refractivity contribution in [2.24, 2.45) is 0 Å². The van der Waals surface area contributed by atoms with Crippen LogP contribution in [0.4, 0.5) is 0 Å². The van der Waals surface area contributed by atoms with E-state index in [1.165, 1.54) is 0 Å². The van der Waals surface area contributed by atoms with Crippen LogP contribution in [0.1, 0.15) is 35.8 Å². The molecule has 2 rings (SSSR count). The average Bonchev–Trinajstić information content (AvgIpc) is 2.93. The molecule has 0 radical (unpaired) electrons. The number of hydrogen-bond acceptors (Lipinski definition) is 3. The summed E-state index contributed by atoms with van der Waals surface area (Å²) < 4.78 is 0. The third-order valence-electron chi connectivity index (χ3n) is 2.53. The van der Waals surface area contributed by atoms with Gasteiger partial charge in [0, 0.05) is 17.2 Å². The lowest BCUT2D eigenvalue weighted by Gasteiger charge is -2.04. The topological polar surface area (TPSA) is 83.0 Å². The number of aromatic amines is 1. The second-order valence-corrected chi connectivity index (χ2v) is 3.86. The van der Waals surface area contributed by atoms with Crippen LogP contribution in [-0.2, 0) is 11.2 Å². The molecule has 0 aliphatic heterocycles. The van der Waals surface area contributed by atoms with Gasteiger partial charge in [0.2, 0.25) is 0 Å². The maximum atomic E-state index is 11.6. The van der Waals surface area contributed by atoms with Crippen molar-refractivity contribution in [1.82, 2.24) is 9.97 Å². The predicted molar refractivity (Wildman–Crippen MR) is 52.9 cm³/mol. The molecule has 2 N–H and O–H groups in total. The van der Waals surface area contributed by atoms with E-state index in [9.17, 15) is 9.59 Å². The average molecular weight is 208 g/mol. The van der Waals surface area contributed by atoms with E-state index in [0.717, 1.165) is 12.8 Å². The number of aliphatic carboxylic acids is 1. The van der Waals surface area contributed by atoms with Gasteiger partial charge in [-0.2, -0.15) is 0 Å². The Morgan fingerprint density at radius 2 is 2.27 bits per heavy atom. The van der Waals surface area contributed by atoms with Gasteiger partial charge in [0.05, 0.1) is 6.42 Å². The van der Waals surface area contributed by atoms with Crippen molar-refractivity contribution in [2.45, 2.75) is 32.1 Å². The van der Waals surface area contributed by atoms with Gasteiger partial charge in [-0.25, -0.2) is 4.98 Å². The molecule has 0 spiro atoms. The molecule has 0 atom stereocenters. The van der Waals surface area contributed by atoms with Gasteiger partial charge in [0.1, 0.15) is 5.82 Å². The van der Waals surface area contributed by atoms with Crippen molar-refractivity contribution in [3.8, 4) is 0 Å². The number of nitrogens with zero attached hydrogens (tertiary/aromatic N) is 1. The highest BCUT2D eigenvalue weighted by atomic mass is 16.4. The molecule has 1 saturated carbocycles. The van der Waals surface area contributed by atoms with Crippen LogP contribution in [-0.4, -0.2) is 21.0 Å². The molecular weight excluding hydrogens is 196 g/mol. The molecule has 1 aliphatic carbocycles. The quantitative estimate of drug-likeness (QED) is 0.761. The molecule has 1 heterocycles. The minimum absolute atomic E-state index is 0.256. The van der Waals surface area contributed by atoms with E-state index in [-0.39, 0.29) is 17.5 Å². The molecule has 0 amide bonds. The van der Waals surface area contributed by atoms with E-state index in [1.807, 2.05) is 0 Å². The summed E-state index contributed by atoms with van der Waals surface area (Å²) >= 11 is 0. The van der Waals surface area contributed by atoms with Crippen molar-refractivity contribution in [1.29, 1.82) is 0 Å². The predicted octanol–water partition coefficient (Wildman–Crippen LogP) is 0.583. The first kappa shape index (κ1) is 9.89. The Hall–Kier alpha value is -1.65. The van der Waals surface area contributed by atoms with E-state index in [4.69, 9.17) is 5.11 Å². The first-order valence-corrected chi connectivity index (χ1v) is 4.89. The SMILES string of the molecule is Cc1nc(C2CC2)[nH]c(=O)c1CC(=O)O. The normalized spacial score (nSPS) is 15.3. The summed E-state index contributed by atoms with van der Waals surface area (Å²) in [7, 11) is 0. The third-order valence-corrected chi connectivity index (χ3v) is 2.53. The molecule has 0 unspecified atom stereocenters. The number of carboxylic acids is 1. The van der Waals surface area contributed by atoms with Gasteiger partial charge in [0.15, 0.2) is 0 Å². The summed E-state index contributed by atoms with van der Waals surface area (Å²) in [5, 5.41) is 8.63. The second kappa shape index (κ2) is 3.49. The summed E-state index contributed by atoms with van der Waals surface area (Å²) in [5.74, 6) is 0.0616. The molecule has 1 aromatic rings. The first-order valence-electron chi connectivity index (χ1n) is 4.89. The molecule has 1 aliphatic rings. The molecule has 1 aromatic heterocycles. The molecule has 0 bridgehead atoms. The lowest BCUT2D eigenvalue weighted by atomic mass is 10.1. The first-order chi connectivity index (χ1) is 7.08. The Bertz CT molecular complexity index is 460. The monoisotopic (exact) mass is 208 g/mol. The summed E-state index contributed by atoms with van der Waals surface area (Å²) in [5.41, 5.74) is 0.474. The van der Waals surface area contributed by atoms with Gasteiger partial charge in [-0.3, -0.25) is 9.59 Å². The van der Waals surface area contributed by atoms with Gasteiger partial charge in [-0.05, 0) is 19.8 Å². The summed E-state index contributed by atoms with van der Waals surface area (Å²) in [6.07, 6.45) is 1.85. The van der Waals surface area contributed by atoms with E-state index >= 15 is 0 Å². The largest absolute Gasteiger partial charge is 0.481 e. The molecule has 15 heavy (non-hydrogen) atoms. The Morgan fingerprint density at radius 3 is 2.73 bits per heavy atom. The fourth-order valence-electron chi connectivity index (χ4n) is 1.54. The maximum Gasteiger partial charge on any atom is 0.308 e. The highest BCUT2D eigenvalue weighted by Crippen LogP contribution is 2.37. The number of rotatable bonds is 3. The van der Waals surface area contributed by atoms with E-state index in [1.54, 1.807) is 6.92 Å². The zero-order chi connectivity index (χ0) is 11.0. The van der Waals surface area contributed by atoms with E-state index in [0.29, 0.717) is 17.4 Å². The molecule has 5 nitrogen and oxygen atoms in total. The minimum atomic E-state index is -1.01. The smallest absolute Gasteiger partial charge is 0.308 e. The number of carbonyl (C=O) groups is 1.